The molecule has 13 rings (SSSR count). The van der Waals surface area contributed by atoms with Gasteiger partial charge in [-0.15, -0.1) is 0 Å². The molecule has 0 N–H and O–H groups in total. The van der Waals surface area contributed by atoms with E-state index in [4.69, 9.17) is 33.8 Å². The summed E-state index contributed by atoms with van der Waals surface area (Å²) in [5.74, 6) is 2.78. The van der Waals surface area contributed by atoms with Crippen LogP contribution in [0.3, 0.4) is 0 Å². The van der Waals surface area contributed by atoms with Gasteiger partial charge in [-0.25, -0.2) is 24.9 Å². The van der Waals surface area contributed by atoms with Crippen molar-refractivity contribution in [2.24, 2.45) is 0 Å². The van der Waals surface area contributed by atoms with Gasteiger partial charge in [0.15, 0.2) is 28.6 Å². The molecule has 63 heavy (non-hydrogen) atoms. The van der Waals surface area contributed by atoms with Crippen molar-refractivity contribution in [1.29, 1.82) is 0 Å². The first-order chi connectivity index (χ1) is 31.2. The Morgan fingerprint density at radius 1 is 0.333 bits per heavy atom. The number of oxazole rings is 2. The Bertz CT molecular complexity index is 3720. The molecule has 0 atom stereocenters. The van der Waals surface area contributed by atoms with Gasteiger partial charge in [-0.05, 0) is 100 Å². The molecule has 9 aromatic carbocycles. The summed E-state index contributed by atoms with van der Waals surface area (Å²) in [5.41, 5.74) is 10.8. The van der Waals surface area contributed by atoms with Crippen LogP contribution >= 0.6 is 0 Å². The van der Waals surface area contributed by atoms with Crippen LogP contribution in [0.2, 0.25) is 0 Å². The fourth-order valence-corrected chi connectivity index (χ4v) is 8.80. The molecular formula is C55H32N6O2. The fourth-order valence-electron chi connectivity index (χ4n) is 8.80. The predicted octanol–water partition coefficient (Wildman–Crippen LogP) is 13.9. The topological polar surface area (TPSA) is 95.7 Å². The number of aromatic nitrogens is 6. The van der Waals surface area contributed by atoms with Gasteiger partial charge in [0.1, 0.15) is 11.0 Å². The third-order valence-electron chi connectivity index (χ3n) is 11.9. The van der Waals surface area contributed by atoms with Crippen molar-refractivity contribution < 1.29 is 8.83 Å². The first kappa shape index (κ1) is 35.0. The molecule has 0 bridgehead atoms. The van der Waals surface area contributed by atoms with Crippen LogP contribution in [0.25, 0.3) is 128 Å². The lowest BCUT2D eigenvalue weighted by Gasteiger charge is -2.11. The van der Waals surface area contributed by atoms with Crippen LogP contribution in [0.5, 0.6) is 0 Å². The summed E-state index contributed by atoms with van der Waals surface area (Å²) in [5, 5.41) is 7.02. The Labute approximate surface area is 359 Å². The standard InChI is InChI=1S/C55H32N6O2/c1-2-10-39-31-41(29-27-33(39)9-1)61-46-14-6-3-11-42(46)50-43-32-40(26-17-34(43)28-30-47(50)61)53-59-51(35-18-22-37(23-19-35)54-56-44-12-4-7-15-48(44)62-54)58-52(60-53)36-20-24-38(25-21-36)55-57-45-13-5-8-16-49(45)63-55/h1-32H. The van der Waals surface area contributed by atoms with Crippen LogP contribution in [-0.2, 0) is 0 Å². The van der Waals surface area contributed by atoms with Gasteiger partial charge in [0, 0.05) is 44.3 Å². The van der Waals surface area contributed by atoms with Gasteiger partial charge in [0.25, 0.3) is 0 Å². The van der Waals surface area contributed by atoms with Gasteiger partial charge in [-0.1, -0.05) is 115 Å². The van der Waals surface area contributed by atoms with Crippen LogP contribution in [0.4, 0.5) is 0 Å². The number of benzene rings is 9. The molecule has 0 aliphatic rings. The Morgan fingerprint density at radius 3 is 1.49 bits per heavy atom. The predicted molar refractivity (Wildman–Crippen MR) is 251 cm³/mol. The molecule has 0 aliphatic heterocycles. The first-order valence-corrected chi connectivity index (χ1v) is 20.8. The third-order valence-corrected chi connectivity index (χ3v) is 11.9. The lowest BCUT2D eigenvalue weighted by Crippen LogP contribution is -2.00. The zero-order valence-electron chi connectivity index (χ0n) is 33.5. The van der Waals surface area contributed by atoms with E-state index in [-0.39, 0.29) is 0 Å². The molecule has 13 aromatic rings. The molecule has 0 fully saturated rings. The Balaban J connectivity index is 0.960. The maximum atomic E-state index is 6.08. The number of nitrogens with zero attached hydrogens (tertiary/aromatic N) is 6. The van der Waals surface area contributed by atoms with E-state index < -0.39 is 0 Å². The molecule has 0 unspecified atom stereocenters. The minimum Gasteiger partial charge on any atom is -0.436 e. The second-order valence-electron chi connectivity index (χ2n) is 15.7. The number of fused-ring (bicyclic) bond motifs is 8. The van der Waals surface area contributed by atoms with E-state index >= 15 is 0 Å². The number of hydrogen-bond donors (Lipinski definition) is 0. The summed E-state index contributed by atoms with van der Waals surface area (Å²) in [7, 11) is 0. The second-order valence-corrected chi connectivity index (χ2v) is 15.7. The van der Waals surface area contributed by atoms with E-state index in [1.807, 2.05) is 97.1 Å². The number of rotatable bonds is 6. The van der Waals surface area contributed by atoms with Gasteiger partial charge in [-0.3, -0.25) is 0 Å². The molecule has 0 saturated heterocycles. The molecule has 0 radical (unpaired) electrons. The monoisotopic (exact) mass is 808 g/mol. The molecular weight excluding hydrogens is 777 g/mol. The maximum absolute atomic E-state index is 6.08. The van der Waals surface area contributed by atoms with Crippen LogP contribution in [0, 0.1) is 0 Å². The highest BCUT2D eigenvalue weighted by atomic mass is 16.4. The van der Waals surface area contributed by atoms with Gasteiger partial charge in [0.05, 0.1) is 11.0 Å². The average Bonchev–Trinajstić information content (AvgIpc) is 4.08. The summed E-state index contributed by atoms with van der Waals surface area (Å²) < 4.78 is 14.5. The summed E-state index contributed by atoms with van der Waals surface area (Å²) in [6.07, 6.45) is 0. The zero-order chi connectivity index (χ0) is 41.4. The Morgan fingerprint density at radius 2 is 0.841 bits per heavy atom. The summed E-state index contributed by atoms with van der Waals surface area (Å²) in [6.45, 7) is 0. The van der Waals surface area contributed by atoms with Crippen LogP contribution < -0.4 is 0 Å². The van der Waals surface area contributed by atoms with E-state index in [2.05, 4.69) is 102 Å². The quantitative estimate of drug-likeness (QED) is 0.165. The molecule has 8 nitrogen and oxygen atoms in total. The molecule has 0 spiro atoms. The average molecular weight is 809 g/mol. The van der Waals surface area contributed by atoms with Gasteiger partial charge in [-0.2, -0.15) is 0 Å². The van der Waals surface area contributed by atoms with E-state index in [9.17, 15) is 0 Å². The molecule has 294 valence electrons. The summed E-state index contributed by atoms with van der Waals surface area (Å²) in [4.78, 5) is 24.8. The summed E-state index contributed by atoms with van der Waals surface area (Å²) >= 11 is 0. The highest BCUT2D eigenvalue weighted by Gasteiger charge is 2.19. The van der Waals surface area contributed by atoms with Crippen molar-refractivity contribution in [1.82, 2.24) is 29.5 Å². The van der Waals surface area contributed by atoms with Crippen molar-refractivity contribution in [2.75, 3.05) is 0 Å². The molecule has 4 aromatic heterocycles. The van der Waals surface area contributed by atoms with Gasteiger partial charge >= 0.3 is 0 Å². The number of para-hydroxylation sites is 5. The first-order valence-electron chi connectivity index (χ1n) is 20.8. The smallest absolute Gasteiger partial charge is 0.227 e. The van der Waals surface area contributed by atoms with Gasteiger partial charge in [0.2, 0.25) is 11.8 Å². The summed E-state index contributed by atoms with van der Waals surface area (Å²) in [6, 6.07) is 66.4. The highest BCUT2D eigenvalue weighted by molar-refractivity contribution is 6.22. The van der Waals surface area contributed by atoms with E-state index in [0.717, 1.165) is 77.5 Å². The largest absolute Gasteiger partial charge is 0.436 e. The second kappa shape index (κ2) is 13.9. The Hall–Kier alpha value is -8.75. The van der Waals surface area contributed by atoms with Crippen LogP contribution in [0.1, 0.15) is 0 Å². The lowest BCUT2D eigenvalue weighted by atomic mass is 10.0. The zero-order valence-corrected chi connectivity index (χ0v) is 33.5. The molecule has 0 aliphatic carbocycles. The van der Waals surface area contributed by atoms with Crippen LogP contribution in [-0.4, -0.2) is 29.5 Å². The Kier molecular flexibility index (Phi) is 7.74. The number of hydrogen-bond acceptors (Lipinski definition) is 7. The van der Waals surface area contributed by atoms with Crippen LogP contribution in [0.15, 0.2) is 203 Å². The van der Waals surface area contributed by atoms with E-state index in [0.29, 0.717) is 29.3 Å². The fraction of sp³-hybridized carbons (Fsp3) is 0. The SMILES string of the molecule is c1ccc2cc(-n3c4ccccc4c4c5cc(-c6nc(-c7ccc(-c8nc9ccccc9o8)cc7)nc(-c7ccc(-c8nc9ccccc9o8)cc7)n6)ccc5ccc43)ccc2c1. The van der Waals surface area contributed by atoms with Crippen molar-refractivity contribution in [3.05, 3.63) is 194 Å². The molecule has 0 saturated carbocycles. The lowest BCUT2D eigenvalue weighted by molar-refractivity contribution is 0.619. The molecule has 4 heterocycles. The normalized spacial score (nSPS) is 11.8. The minimum absolute atomic E-state index is 0.549. The minimum atomic E-state index is 0.549. The van der Waals surface area contributed by atoms with E-state index in [1.165, 1.54) is 21.5 Å². The van der Waals surface area contributed by atoms with E-state index in [1.54, 1.807) is 0 Å². The highest BCUT2D eigenvalue weighted by Crippen LogP contribution is 2.39. The van der Waals surface area contributed by atoms with Gasteiger partial charge < -0.3 is 13.4 Å². The van der Waals surface area contributed by atoms with Crippen molar-refractivity contribution in [3.8, 4) is 62.8 Å². The molecule has 8 heteroatoms. The van der Waals surface area contributed by atoms with Crippen molar-refractivity contribution >= 4 is 65.6 Å². The molecule has 0 amide bonds. The third kappa shape index (κ3) is 5.88. The van der Waals surface area contributed by atoms with Crippen molar-refractivity contribution in [3.63, 3.8) is 0 Å². The maximum Gasteiger partial charge on any atom is 0.227 e. The van der Waals surface area contributed by atoms with Crippen molar-refractivity contribution in [2.45, 2.75) is 0 Å².